The Morgan fingerprint density at radius 3 is 2.94 bits per heavy atom. The van der Waals surface area contributed by atoms with Gasteiger partial charge in [0.2, 0.25) is 0 Å². The van der Waals surface area contributed by atoms with Gasteiger partial charge in [-0.2, -0.15) is 0 Å². The smallest absolute Gasteiger partial charge is 0.279 e. The van der Waals surface area contributed by atoms with Gasteiger partial charge in [0.15, 0.2) is 0 Å². The number of H-pyrrole nitrogens is 1. The average molecular weight is 219 g/mol. The van der Waals surface area contributed by atoms with Crippen LogP contribution in [0.4, 0.5) is 5.69 Å². The second kappa shape index (κ2) is 3.86. The molecule has 0 saturated carbocycles. The standard InChI is InChI=1S/C11H13N3O2/c1-14(16-2)11(15)9-6-13-10-5-7(12)3-4-8(9)10/h3-6,13H,12H2,1-2H3. The molecule has 0 aliphatic carbocycles. The number of hydroxylamine groups is 2. The first-order chi connectivity index (χ1) is 7.63. The number of aromatic nitrogens is 1. The molecule has 0 aliphatic rings. The van der Waals surface area contributed by atoms with Crippen molar-refractivity contribution in [2.24, 2.45) is 0 Å². The van der Waals surface area contributed by atoms with Crippen molar-refractivity contribution >= 4 is 22.5 Å². The second-order valence-electron chi connectivity index (χ2n) is 3.49. The van der Waals surface area contributed by atoms with Crippen molar-refractivity contribution in [2.75, 3.05) is 19.9 Å². The van der Waals surface area contributed by atoms with Crippen LogP contribution < -0.4 is 5.73 Å². The van der Waals surface area contributed by atoms with Crippen molar-refractivity contribution in [2.45, 2.75) is 0 Å². The summed E-state index contributed by atoms with van der Waals surface area (Å²) in [5.74, 6) is -0.196. The van der Waals surface area contributed by atoms with E-state index in [1.807, 2.05) is 6.07 Å². The summed E-state index contributed by atoms with van der Waals surface area (Å²) in [4.78, 5) is 19.7. The first-order valence-corrected chi connectivity index (χ1v) is 4.82. The number of aromatic amines is 1. The van der Waals surface area contributed by atoms with Gasteiger partial charge in [-0.1, -0.05) is 0 Å². The van der Waals surface area contributed by atoms with E-state index in [0.29, 0.717) is 11.3 Å². The number of fused-ring (bicyclic) bond motifs is 1. The molecule has 0 aliphatic heterocycles. The predicted molar refractivity (Wildman–Crippen MR) is 61.8 cm³/mol. The molecule has 5 nitrogen and oxygen atoms in total. The lowest BCUT2D eigenvalue weighted by Crippen LogP contribution is -2.25. The third kappa shape index (κ3) is 1.61. The molecule has 0 saturated heterocycles. The number of hydrogen-bond donors (Lipinski definition) is 2. The summed E-state index contributed by atoms with van der Waals surface area (Å²) in [5.41, 5.74) is 7.73. The Bertz CT molecular complexity index is 533. The number of carbonyl (C=O) groups excluding carboxylic acids is 1. The van der Waals surface area contributed by atoms with Crippen LogP contribution in [-0.2, 0) is 4.84 Å². The summed E-state index contributed by atoms with van der Waals surface area (Å²) in [7, 11) is 3.02. The highest BCUT2D eigenvalue weighted by Gasteiger charge is 2.15. The molecule has 2 aromatic rings. The predicted octanol–water partition coefficient (Wildman–Crippen LogP) is 1.38. The fraction of sp³-hybridized carbons (Fsp3) is 0.182. The monoisotopic (exact) mass is 219 g/mol. The van der Waals surface area contributed by atoms with Crippen LogP contribution in [0.25, 0.3) is 10.9 Å². The van der Waals surface area contributed by atoms with E-state index in [9.17, 15) is 4.79 Å². The van der Waals surface area contributed by atoms with E-state index in [4.69, 9.17) is 10.6 Å². The molecule has 1 heterocycles. The van der Waals surface area contributed by atoms with Gasteiger partial charge in [0, 0.05) is 29.8 Å². The van der Waals surface area contributed by atoms with Crippen molar-refractivity contribution in [3.05, 3.63) is 30.0 Å². The molecule has 1 aromatic carbocycles. The van der Waals surface area contributed by atoms with Gasteiger partial charge in [0.25, 0.3) is 5.91 Å². The maximum absolute atomic E-state index is 11.9. The number of hydrogen-bond acceptors (Lipinski definition) is 3. The number of carbonyl (C=O) groups is 1. The zero-order valence-electron chi connectivity index (χ0n) is 9.15. The molecule has 0 fully saturated rings. The minimum atomic E-state index is -0.196. The summed E-state index contributed by atoms with van der Waals surface area (Å²) >= 11 is 0. The SMILES string of the molecule is CON(C)C(=O)c1c[nH]c2cc(N)ccc12. The van der Waals surface area contributed by atoms with Crippen LogP contribution in [-0.4, -0.2) is 30.1 Å². The van der Waals surface area contributed by atoms with Crippen LogP contribution in [0.15, 0.2) is 24.4 Å². The Hall–Kier alpha value is -2.01. The summed E-state index contributed by atoms with van der Waals surface area (Å²) < 4.78 is 0. The van der Waals surface area contributed by atoms with Crippen molar-refractivity contribution in [3.8, 4) is 0 Å². The Morgan fingerprint density at radius 1 is 1.50 bits per heavy atom. The Kier molecular flexibility index (Phi) is 2.54. The Balaban J connectivity index is 2.50. The molecule has 0 bridgehead atoms. The van der Waals surface area contributed by atoms with Crippen molar-refractivity contribution < 1.29 is 9.63 Å². The summed E-state index contributed by atoms with van der Waals surface area (Å²) in [5, 5.41) is 2.02. The average Bonchev–Trinajstić information content (AvgIpc) is 2.69. The fourth-order valence-electron chi connectivity index (χ4n) is 1.57. The van der Waals surface area contributed by atoms with Gasteiger partial charge in [-0.15, -0.1) is 0 Å². The zero-order valence-corrected chi connectivity index (χ0v) is 9.15. The first-order valence-electron chi connectivity index (χ1n) is 4.82. The number of benzene rings is 1. The molecule has 0 spiro atoms. The van der Waals surface area contributed by atoms with Crippen LogP contribution in [0.5, 0.6) is 0 Å². The van der Waals surface area contributed by atoms with E-state index >= 15 is 0 Å². The van der Waals surface area contributed by atoms with E-state index in [-0.39, 0.29) is 5.91 Å². The van der Waals surface area contributed by atoms with E-state index in [1.54, 1.807) is 25.4 Å². The highest BCUT2D eigenvalue weighted by atomic mass is 16.7. The van der Waals surface area contributed by atoms with Crippen LogP contribution in [0, 0.1) is 0 Å². The molecular formula is C11H13N3O2. The number of nitrogen functional groups attached to an aromatic ring is 1. The molecular weight excluding hydrogens is 206 g/mol. The van der Waals surface area contributed by atoms with Crippen LogP contribution in [0.3, 0.4) is 0 Å². The highest BCUT2D eigenvalue weighted by Crippen LogP contribution is 2.21. The van der Waals surface area contributed by atoms with Crippen LogP contribution in [0.2, 0.25) is 0 Å². The fourth-order valence-corrected chi connectivity index (χ4v) is 1.57. The van der Waals surface area contributed by atoms with Gasteiger partial charge >= 0.3 is 0 Å². The summed E-state index contributed by atoms with van der Waals surface area (Å²) in [6.45, 7) is 0. The highest BCUT2D eigenvalue weighted by molar-refractivity contribution is 6.06. The van der Waals surface area contributed by atoms with Gasteiger partial charge < -0.3 is 10.7 Å². The molecule has 84 valence electrons. The van der Waals surface area contributed by atoms with Crippen LogP contribution in [0.1, 0.15) is 10.4 Å². The lowest BCUT2D eigenvalue weighted by molar-refractivity contribution is -0.0755. The number of nitrogens with zero attached hydrogens (tertiary/aromatic N) is 1. The molecule has 1 amide bonds. The third-order valence-electron chi connectivity index (χ3n) is 2.50. The molecule has 0 atom stereocenters. The van der Waals surface area contributed by atoms with Gasteiger partial charge in [0.05, 0.1) is 12.7 Å². The molecule has 3 N–H and O–H groups in total. The maximum Gasteiger partial charge on any atom is 0.279 e. The second-order valence-corrected chi connectivity index (χ2v) is 3.49. The lowest BCUT2D eigenvalue weighted by Gasteiger charge is -2.12. The largest absolute Gasteiger partial charge is 0.399 e. The molecule has 5 heteroatoms. The van der Waals surface area contributed by atoms with Crippen molar-refractivity contribution in [1.29, 1.82) is 0 Å². The molecule has 16 heavy (non-hydrogen) atoms. The molecule has 0 radical (unpaired) electrons. The summed E-state index contributed by atoms with van der Waals surface area (Å²) in [6, 6.07) is 5.37. The van der Waals surface area contributed by atoms with Gasteiger partial charge in [0.1, 0.15) is 0 Å². The zero-order chi connectivity index (χ0) is 11.7. The molecule has 0 unspecified atom stereocenters. The van der Waals surface area contributed by atoms with E-state index in [2.05, 4.69) is 4.98 Å². The van der Waals surface area contributed by atoms with E-state index in [1.165, 1.54) is 12.2 Å². The van der Waals surface area contributed by atoms with E-state index in [0.717, 1.165) is 10.9 Å². The quantitative estimate of drug-likeness (QED) is 0.592. The van der Waals surface area contributed by atoms with Gasteiger partial charge in [-0.3, -0.25) is 9.63 Å². The number of nitrogens with two attached hydrogens (primary N) is 1. The van der Waals surface area contributed by atoms with Crippen molar-refractivity contribution in [1.82, 2.24) is 10.0 Å². The number of amides is 1. The lowest BCUT2D eigenvalue weighted by atomic mass is 10.1. The minimum absolute atomic E-state index is 0.196. The van der Waals surface area contributed by atoms with E-state index < -0.39 is 0 Å². The summed E-state index contributed by atoms with van der Waals surface area (Å²) in [6.07, 6.45) is 1.65. The van der Waals surface area contributed by atoms with Crippen molar-refractivity contribution in [3.63, 3.8) is 0 Å². The maximum atomic E-state index is 11.9. The third-order valence-corrected chi connectivity index (χ3v) is 2.50. The molecule has 1 aromatic heterocycles. The number of nitrogens with one attached hydrogen (secondary N) is 1. The topological polar surface area (TPSA) is 71.3 Å². The van der Waals surface area contributed by atoms with Crippen LogP contribution >= 0.6 is 0 Å². The Labute approximate surface area is 92.7 Å². The first kappa shape index (κ1) is 10.5. The van der Waals surface area contributed by atoms with Gasteiger partial charge in [-0.25, -0.2) is 5.06 Å². The molecule has 2 rings (SSSR count). The normalized spacial score (nSPS) is 10.6. The minimum Gasteiger partial charge on any atom is -0.399 e. The Morgan fingerprint density at radius 2 is 2.25 bits per heavy atom. The number of rotatable bonds is 2. The number of anilines is 1. The van der Waals surface area contributed by atoms with Gasteiger partial charge in [-0.05, 0) is 18.2 Å².